The summed E-state index contributed by atoms with van der Waals surface area (Å²) in [6.45, 7) is 3.23. The van der Waals surface area contributed by atoms with E-state index in [1.807, 2.05) is 0 Å². The molecule has 0 rings (SSSR count). The van der Waals surface area contributed by atoms with Crippen LogP contribution in [0.4, 0.5) is 0 Å². The summed E-state index contributed by atoms with van der Waals surface area (Å²) < 4.78 is 0. The minimum Gasteiger partial charge on any atom is -0.382 e. The van der Waals surface area contributed by atoms with Gasteiger partial charge in [0.25, 0.3) is 0 Å². The maximum Gasteiger partial charge on any atom is 0.0614 e. The van der Waals surface area contributed by atoms with E-state index >= 15 is 0 Å². The van der Waals surface area contributed by atoms with Crippen LogP contribution < -0.4 is 5.32 Å². The van der Waals surface area contributed by atoms with E-state index in [0.29, 0.717) is 0 Å². The van der Waals surface area contributed by atoms with Gasteiger partial charge in [0.2, 0.25) is 0 Å². The summed E-state index contributed by atoms with van der Waals surface area (Å²) in [7, 11) is 0. The molecule has 0 aliphatic heterocycles. The lowest BCUT2D eigenvalue weighted by molar-refractivity contribution is 0.701. The lowest BCUT2D eigenvalue weighted by Gasteiger charge is -1.95. The van der Waals surface area contributed by atoms with Crippen LogP contribution in [0.5, 0.6) is 0 Å². The molecule has 0 aromatic heterocycles. The molecule has 1 N–H and O–H groups in total. The maximum absolute atomic E-state index is 4.57. The topological polar surface area (TPSA) is 12.0 Å². The van der Waals surface area contributed by atoms with Gasteiger partial charge in [-0.3, -0.25) is 0 Å². The van der Waals surface area contributed by atoms with Gasteiger partial charge in [0.15, 0.2) is 0 Å². The second-order valence-corrected chi connectivity index (χ2v) is 2.01. The van der Waals surface area contributed by atoms with Gasteiger partial charge in [-0.2, -0.15) is 0 Å². The molecule has 0 saturated heterocycles. The molecule has 0 fully saturated rings. The van der Waals surface area contributed by atoms with Gasteiger partial charge in [0.1, 0.15) is 0 Å². The minimum atomic E-state index is 1.04. The molecule has 0 aliphatic carbocycles. The Bertz CT molecular complexity index is 54.5. The summed E-state index contributed by atoms with van der Waals surface area (Å²) in [5, 5.41) is 2.97. The SMILES string of the molecule is CCCCCNC=S. The average Bonchev–Trinajstić information content (AvgIpc) is 1.81. The van der Waals surface area contributed by atoms with Crippen molar-refractivity contribution in [2.24, 2.45) is 0 Å². The summed E-state index contributed by atoms with van der Waals surface area (Å²) in [6.07, 6.45) is 3.82. The van der Waals surface area contributed by atoms with Crippen molar-refractivity contribution in [1.29, 1.82) is 0 Å². The molecule has 0 heterocycles. The van der Waals surface area contributed by atoms with Crippen LogP contribution in [-0.2, 0) is 0 Å². The van der Waals surface area contributed by atoms with Gasteiger partial charge in [-0.15, -0.1) is 0 Å². The normalized spacial score (nSPS) is 8.62. The Morgan fingerprint density at radius 1 is 1.50 bits per heavy atom. The van der Waals surface area contributed by atoms with Crippen LogP contribution in [-0.4, -0.2) is 12.0 Å². The molecule has 1 nitrogen and oxygen atoms in total. The van der Waals surface area contributed by atoms with E-state index in [0.717, 1.165) is 6.54 Å². The summed E-state index contributed by atoms with van der Waals surface area (Å²) >= 11 is 4.57. The number of nitrogens with one attached hydrogen (secondary N) is 1. The summed E-state index contributed by atoms with van der Waals surface area (Å²) in [5.74, 6) is 0. The van der Waals surface area contributed by atoms with E-state index in [4.69, 9.17) is 0 Å². The van der Waals surface area contributed by atoms with Gasteiger partial charge in [0, 0.05) is 6.54 Å². The lowest BCUT2D eigenvalue weighted by atomic mass is 10.2. The first kappa shape index (κ1) is 7.89. The third-order valence-electron chi connectivity index (χ3n) is 1.01. The van der Waals surface area contributed by atoms with Gasteiger partial charge >= 0.3 is 0 Å². The molecule has 0 unspecified atom stereocenters. The highest BCUT2D eigenvalue weighted by atomic mass is 32.1. The van der Waals surface area contributed by atoms with Crippen LogP contribution in [0.25, 0.3) is 0 Å². The van der Waals surface area contributed by atoms with Gasteiger partial charge < -0.3 is 5.32 Å². The van der Waals surface area contributed by atoms with Gasteiger partial charge in [-0.25, -0.2) is 0 Å². The fraction of sp³-hybridized carbons (Fsp3) is 0.833. The summed E-state index contributed by atoms with van der Waals surface area (Å²) in [4.78, 5) is 0. The third kappa shape index (κ3) is 5.89. The van der Waals surface area contributed by atoms with Crippen molar-refractivity contribution < 1.29 is 0 Å². The van der Waals surface area contributed by atoms with Crippen molar-refractivity contribution in [1.82, 2.24) is 5.32 Å². The lowest BCUT2D eigenvalue weighted by Crippen LogP contribution is -2.10. The van der Waals surface area contributed by atoms with Gasteiger partial charge in [-0.1, -0.05) is 32.0 Å². The number of hydrogen-bond acceptors (Lipinski definition) is 1. The molecule has 8 heavy (non-hydrogen) atoms. The van der Waals surface area contributed by atoms with E-state index in [1.54, 1.807) is 5.49 Å². The Kier molecular flexibility index (Phi) is 6.80. The van der Waals surface area contributed by atoms with Crippen molar-refractivity contribution in [2.45, 2.75) is 26.2 Å². The van der Waals surface area contributed by atoms with E-state index in [1.165, 1.54) is 19.3 Å². The first-order valence-corrected chi connectivity index (χ1v) is 3.56. The molecule has 0 amide bonds. The molecule has 0 atom stereocenters. The minimum absolute atomic E-state index is 1.04. The van der Waals surface area contributed by atoms with Crippen LogP contribution >= 0.6 is 12.2 Å². The van der Waals surface area contributed by atoms with Gasteiger partial charge in [0.05, 0.1) is 5.49 Å². The van der Waals surface area contributed by atoms with Crippen LogP contribution in [0, 0.1) is 0 Å². The molecule has 0 aromatic rings. The van der Waals surface area contributed by atoms with Crippen molar-refractivity contribution in [3.8, 4) is 0 Å². The fourth-order valence-corrected chi connectivity index (χ4v) is 0.654. The van der Waals surface area contributed by atoms with Crippen molar-refractivity contribution in [3.05, 3.63) is 0 Å². The number of rotatable bonds is 5. The molecule has 2 heteroatoms. The maximum atomic E-state index is 4.57. The Labute approximate surface area is 56.5 Å². The molecule has 0 spiro atoms. The largest absolute Gasteiger partial charge is 0.382 e. The molecule has 0 bridgehead atoms. The molecule has 0 aliphatic rings. The second kappa shape index (κ2) is 6.89. The first-order valence-electron chi connectivity index (χ1n) is 3.09. The Morgan fingerprint density at radius 3 is 2.75 bits per heavy atom. The highest BCUT2D eigenvalue weighted by Crippen LogP contribution is 1.89. The van der Waals surface area contributed by atoms with E-state index in [9.17, 15) is 0 Å². The van der Waals surface area contributed by atoms with E-state index in [2.05, 4.69) is 24.5 Å². The van der Waals surface area contributed by atoms with E-state index < -0.39 is 0 Å². The average molecular weight is 131 g/mol. The van der Waals surface area contributed by atoms with Crippen molar-refractivity contribution in [2.75, 3.05) is 6.54 Å². The summed E-state index contributed by atoms with van der Waals surface area (Å²) in [6, 6.07) is 0. The zero-order chi connectivity index (χ0) is 6.24. The smallest absolute Gasteiger partial charge is 0.0614 e. The highest BCUT2D eigenvalue weighted by Gasteiger charge is 1.80. The Balaban J connectivity index is 2.62. The van der Waals surface area contributed by atoms with Crippen LogP contribution in [0.1, 0.15) is 26.2 Å². The van der Waals surface area contributed by atoms with Crippen LogP contribution in [0.2, 0.25) is 0 Å². The first-order chi connectivity index (χ1) is 3.91. The molecular formula is C6H13NS. The van der Waals surface area contributed by atoms with Crippen LogP contribution in [0.3, 0.4) is 0 Å². The predicted molar refractivity (Wildman–Crippen MR) is 41.2 cm³/mol. The molecular weight excluding hydrogens is 118 g/mol. The standard InChI is InChI=1S/C6H13NS/c1-2-3-4-5-7-6-8/h6H,2-5H2,1H3,(H,7,8). The number of thiocarbonyl (C=S) groups is 1. The third-order valence-corrected chi connectivity index (χ3v) is 1.17. The van der Waals surface area contributed by atoms with Crippen LogP contribution in [0.15, 0.2) is 0 Å². The highest BCUT2D eigenvalue weighted by molar-refractivity contribution is 7.78. The monoisotopic (exact) mass is 131 g/mol. The Morgan fingerprint density at radius 2 is 2.25 bits per heavy atom. The summed E-state index contributed by atoms with van der Waals surface area (Å²) in [5.41, 5.74) is 1.58. The quantitative estimate of drug-likeness (QED) is 0.450. The predicted octanol–water partition coefficient (Wildman–Crippen LogP) is 1.72. The molecule has 0 aromatic carbocycles. The van der Waals surface area contributed by atoms with Crippen molar-refractivity contribution in [3.63, 3.8) is 0 Å². The van der Waals surface area contributed by atoms with E-state index in [-0.39, 0.29) is 0 Å². The zero-order valence-electron chi connectivity index (χ0n) is 5.31. The number of hydrogen-bond donors (Lipinski definition) is 1. The fourth-order valence-electron chi connectivity index (χ4n) is 0.536. The van der Waals surface area contributed by atoms with Gasteiger partial charge in [-0.05, 0) is 6.42 Å². The van der Waals surface area contributed by atoms with Crippen molar-refractivity contribution >= 4 is 17.7 Å². The molecule has 0 saturated carbocycles. The molecule has 0 radical (unpaired) electrons. The second-order valence-electron chi connectivity index (χ2n) is 1.78. The number of unbranched alkanes of at least 4 members (excludes halogenated alkanes) is 2. The Hall–Kier alpha value is -0.110. The molecule has 48 valence electrons. The zero-order valence-corrected chi connectivity index (χ0v) is 6.13.